The van der Waals surface area contributed by atoms with Gasteiger partial charge in [-0.3, -0.25) is 4.79 Å². The lowest BCUT2D eigenvalue weighted by atomic mass is 10.1. The van der Waals surface area contributed by atoms with Crippen molar-refractivity contribution in [2.45, 2.75) is 26.1 Å². The van der Waals surface area contributed by atoms with Crippen molar-refractivity contribution in [3.63, 3.8) is 0 Å². The fraction of sp³-hybridized carbons (Fsp3) is 0.296. The molecule has 33 heavy (non-hydrogen) atoms. The molecule has 0 bridgehead atoms. The number of anilines is 1. The van der Waals surface area contributed by atoms with Gasteiger partial charge in [-0.1, -0.05) is 41.9 Å². The maximum absolute atomic E-state index is 13.1. The van der Waals surface area contributed by atoms with Crippen LogP contribution in [-0.4, -0.2) is 42.6 Å². The van der Waals surface area contributed by atoms with Crippen LogP contribution in [0.3, 0.4) is 0 Å². The lowest BCUT2D eigenvalue weighted by molar-refractivity contribution is -0.145. The van der Waals surface area contributed by atoms with Gasteiger partial charge in [0.05, 0.1) is 0 Å². The zero-order valence-electron chi connectivity index (χ0n) is 19.0. The molecule has 1 heterocycles. The molecule has 172 valence electrons. The number of halogens is 1. The molecule has 0 saturated carbocycles. The first-order chi connectivity index (χ1) is 15.9. The average Bonchev–Trinajstić information content (AvgIpc) is 2.85. The van der Waals surface area contributed by atoms with Crippen LogP contribution in [0.15, 0.2) is 78.9 Å². The van der Waals surface area contributed by atoms with Crippen LogP contribution in [0, 0.1) is 0 Å². The van der Waals surface area contributed by atoms with E-state index in [2.05, 4.69) is 29.2 Å². The summed E-state index contributed by atoms with van der Waals surface area (Å²) >= 11 is 5.94. The molecule has 1 fully saturated rings. The molecule has 0 aromatic heterocycles. The van der Waals surface area contributed by atoms with E-state index < -0.39 is 5.60 Å². The molecule has 3 aromatic rings. The van der Waals surface area contributed by atoms with Gasteiger partial charge in [-0.25, -0.2) is 0 Å². The number of carbonyl (C=O) groups is 1. The second-order valence-electron chi connectivity index (χ2n) is 8.61. The van der Waals surface area contributed by atoms with Crippen LogP contribution in [0.5, 0.6) is 11.5 Å². The molecule has 6 heteroatoms. The molecule has 1 aliphatic rings. The molecular formula is C27H29ClN2O3. The monoisotopic (exact) mass is 464 g/mol. The van der Waals surface area contributed by atoms with Crippen LogP contribution in [0.25, 0.3) is 0 Å². The van der Waals surface area contributed by atoms with Gasteiger partial charge in [0.25, 0.3) is 5.91 Å². The number of hydrogen-bond donors (Lipinski definition) is 0. The van der Waals surface area contributed by atoms with E-state index in [0.29, 0.717) is 30.5 Å². The van der Waals surface area contributed by atoms with Crippen molar-refractivity contribution >= 4 is 23.2 Å². The van der Waals surface area contributed by atoms with E-state index in [1.54, 1.807) is 24.3 Å². The first kappa shape index (κ1) is 23.0. The summed E-state index contributed by atoms with van der Waals surface area (Å²) in [6, 6.07) is 25.4. The largest absolute Gasteiger partial charge is 0.489 e. The van der Waals surface area contributed by atoms with E-state index >= 15 is 0 Å². The van der Waals surface area contributed by atoms with Crippen LogP contribution in [0.4, 0.5) is 5.69 Å². The SMILES string of the molecule is CC(C)(Oc1ccc(Cl)cc1)C(=O)N1CCN(c2ccc(OCc3ccccc3)cc2)CC1. The maximum atomic E-state index is 13.1. The molecule has 0 N–H and O–H groups in total. The minimum atomic E-state index is -0.951. The van der Waals surface area contributed by atoms with Gasteiger partial charge in [0, 0.05) is 36.9 Å². The van der Waals surface area contributed by atoms with Crippen molar-refractivity contribution in [1.29, 1.82) is 0 Å². The van der Waals surface area contributed by atoms with Gasteiger partial charge in [-0.2, -0.15) is 0 Å². The molecule has 3 aromatic carbocycles. The van der Waals surface area contributed by atoms with Crippen molar-refractivity contribution in [2.75, 3.05) is 31.1 Å². The number of ether oxygens (including phenoxy) is 2. The first-order valence-electron chi connectivity index (χ1n) is 11.2. The molecule has 0 unspecified atom stereocenters. The van der Waals surface area contributed by atoms with E-state index in [-0.39, 0.29) is 5.91 Å². The van der Waals surface area contributed by atoms with E-state index in [1.807, 2.05) is 49.1 Å². The maximum Gasteiger partial charge on any atom is 0.266 e. The fourth-order valence-corrected chi connectivity index (χ4v) is 4.01. The predicted octanol–water partition coefficient (Wildman–Crippen LogP) is 5.43. The highest BCUT2D eigenvalue weighted by Crippen LogP contribution is 2.25. The van der Waals surface area contributed by atoms with E-state index in [9.17, 15) is 4.79 Å². The highest BCUT2D eigenvalue weighted by atomic mass is 35.5. The number of nitrogens with zero attached hydrogens (tertiary/aromatic N) is 2. The Hall–Kier alpha value is -3.18. The zero-order valence-corrected chi connectivity index (χ0v) is 19.8. The van der Waals surface area contributed by atoms with Crippen molar-refractivity contribution < 1.29 is 14.3 Å². The second-order valence-corrected chi connectivity index (χ2v) is 9.05. The van der Waals surface area contributed by atoms with E-state index in [4.69, 9.17) is 21.1 Å². The summed E-state index contributed by atoms with van der Waals surface area (Å²) in [6.07, 6.45) is 0. The third-order valence-corrected chi connectivity index (χ3v) is 5.97. The van der Waals surface area contributed by atoms with Gasteiger partial charge in [0.15, 0.2) is 5.60 Å². The van der Waals surface area contributed by atoms with Crippen molar-refractivity contribution in [2.24, 2.45) is 0 Å². The van der Waals surface area contributed by atoms with Crippen LogP contribution in [0.1, 0.15) is 19.4 Å². The number of piperazine rings is 1. The number of carbonyl (C=O) groups excluding carboxylic acids is 1. The standard InChI is InChI=1S/C27H29ClN2O3/c1-27(2,33-25-12-8-22(28)9-13-25)26(31)30-18-16-29(17-19-30)23-10-14-24(15-11-23)32-20-21-6-4-3-5-7-21/h3-15H,16-20H2,1-2H3. The van der Waals surface area contributed by atoms with Crippen molar-refractivity contribution in [1.82, 2.24) is 4.90 Å². The van der Waals surface area contributed by atoms with Gasteiger partial charge in [0.2, 0.25) is 0 Å². The zero-order chi connectivity index (χ0) is 23.3. The Labute approximate surface area is 200 Å². The fourth-order valence-electron chi connectivity index (χ4n) is 3.88. The summed E-state index contributed by atoms with van der Waals surface area (Å²) in [6.45, 7) is 7.01. The normalized spacial score (nSPS) is 14.2. The number of hydrogen-bond acceptors (Lipinski definition) is 4. The Morgan fingerprint density at radius 2 is 1.45 bits per heavy atom. The Morgan fingerprint density at radius 3 is 2.09 bits per heavy atom. The minimum absolute atomic E-state index is 0.0123. The molecule has 0 atom stereocenters. The molecule has 0 radical (unpaired) electrons. The summed E-state index contributed by atoms with van der Waals surface area (Å²) in [5, 5.41) is 0.637. The smallest absolute Gasteiger partial charge is 0.266 e. The van der Waals surface area contributed by atoms with Crippen LogP contribution in [0.2, 0.25) is 5.02 Å². The summed E-state index contributed by atoms with van der Waals surface area (Å²) < 4.78 is 11.9. The van der Waals surface area contributed by atoms with Crippen LogP contribution in [-0.2, 0) is 11.4 Å². The summed E-state index contributed by atoms with van der Waals surface area (Å²) in [7, 11) is 0. The molecule has 0 aliphatic carbocycles. The molecule has 1 amide bonds. The second kappa shape index (κ2) is 10.2. The minimum Gasteiger partial charge on any atom is -0.489 e. The Bertz CT molecular complexity index is 1040. The molecule has 1 aliphatic heterocycles. The summed E-state index contributed by atoms with van der Waals surface area (Å²) in [4.78, 5) is 17.3. The lowest BCUT2D eigenvalue weighted by Gasteiger charge is -2.39. The molecular weight excluding hydrogens is 436 g/mol. The van der Waals surface area contributed by atoms with E-state index in [0.717, 1.165) is 30.1 Å². The third kappa shape index (κ3) is 5.99. The molecule has 1 saturated heterocycles. The quantitative estimate of drug-likeness (QED) is 0.468. The van der Waals surface area contributed by atoms with Gasteiger partial charge < -0.3 is 19.3 Å². The molecule has 0 spiro atoms. The van der Waals surface area contributed by atoms with Gasteiger partial charge >= 0.3 is 0 Å². The average molecular weight is 465 g/mol. The third-order valence-electron chi connectivity index (χ3n) is 5.72. The van der Waals surface area contributed by atoms with Crippen molar-refractivity contribution in [3.8, 4) is 11.5 Å². The van der Waals surface area contributed by atoms with Crippen molar-refractivity contribution in [3.05, 3.63) is 89.4 Å². The summed E-state index contributed by atoms with van der Waals surface area (Å²) in [5.41, 5.74) is 1.32. The van der Waals surface area contributed by atoms with Crippen LogP contribution >= 0.6 is 11.6 Å². The highest BCUT2D eigenvalue weighted by molar-refractivity contribution is 6.30. The van der Waals surface area contributed by atoms with Gasteiger partial charge in [-0.15, -0.1) is 0 Å². The molecule has 4 rings (SSSR count). The van der Waals surface area contributed by atoms with Crippen LogP contribution < -0.4 is 14.4 Å². The highest BCUT2D eigenvalue weighted by Gasteiger charge is 2.35. The number of benzene rings is 3. The molecule has 5 nitrogen and oxygen atoms in total. The van der Waals surface area contributed by atoms with Gasteiger partial charge in [0.1, 0.15) is 18.1 Å². The van der Waals surface area contributed by atoms with Gasteiger partial charge in [-0.05, 0) is 67.9 Å². The topological polar surface area (TPSA) is 42.0 Å². The Kier molecular flexibility index (Phi) is 7.09. The number of rotatable bonds is 7. The summed E-state index contributed by atoms with van der Waals surface area (Å²) in [5.74, 6) is 1.46. The lowest BCUT2D eigenvalue weighted by Crippen LogP contribution is -2.55. The predicted molar refractivity (Wildman–Crippen MR) is 132 cm³/mol. The first-order valence-corrected chi connectivity index (χ1v) is 11.5. The number of amides is 1. The Balaban J connectivity index is 1.28. The Morgan fingerprint density at radius 1 is 0.848 bits per heavy atom. The van der Waals surface area contributed by atoms with E-state index in [1.165, 1.54) is 0 Å².